The molecule has 2 amide bonds. The van der Waals surface area contributed by atoms with Crippen LogP contribution in [0.2, 0.25) is 0 Å². The minimum absolute atomic E-state index is 0.0809. The Morgan fingerprint density at radius 3 is 2.87 bits per heavy atom. The van der Waals surface area contributed by atoms with Crippen molar-refractivity contribution in [2.24, 2.45) is 0 Å². The van der Waals surface area contributed by atoms with Crippen LogP contribution in [0.3, 0.4) is 0 Å². The Hall–Kier alpha value is -2.43. The standard InChI is InChI=1S/C20H26FN5O3S/c1-14(26-9-2-3-10-26)7-8-22-17(27)12-29-13-18-24-25-20(30-18)19(28)23-16-6-4-5-15(21)11-16/h4-6,11,14H,2-3,7-10,12-13H2,1H3,(H,22,27)(H,23,28)/t14-/m1/s1. The van der Waals surface area contributed by atoms with Crippen molar-refractivity contribution in [1.82, 2.24) is 20.4 Å². The van der Waals surface area contributed by atoms with E-state index in [0.717, 1.165) is 30.8 Å². The molecule has 0 radical (unpaired) electrons. The van der Waals surface area contributed by atoms with Crippen LogP contribution in [0, 0.1) is 5.82 Å². The van der Waals surface area contributed by atoms with Crippen LogP contribution in [-0.2, 0) is 16.1 Å². The van der Waals surface area contributed by atoms with Gasteiger partial charge < -0.3 is 20.3 Å². The molecule has 1 fully saturated rings. The zero-order chi connectivity index (χ0) is 21.3. The van der Waals surface area contributed by atoms with E-state index in [1.54, 1.807) is 6.07 Å². The molecule has 30 heavy (non-hydrogen) atoms. The topological polar surface area (TPSA) is 96.5 Å². The lowest BCUT2D eigenvalue weighted by atomic mass is 10.2. The van der Waals surface area contributed by atoms with Crippen molar-refractivity contribution in [3.05, 3.63) is 40.1 Å². The molecule has 162 valence electrons. The fourth-order valence-electron chi connectivity index (χ4n) is 3.22. The number of aromatic nitrogens is 2. The van der Waals surface area contributed by atoms with E-state index in [9.17, 15) is 14.0 Å². The van der Waals surface area contributed by atoms with Crippen LogP contribution in [-0.4, -0.2) is 59.2 Å². The molecule has 1 aliphatic heterocycles. The number of rotatable bonds is 10. The molecular weight excluding hydrogens is 409 g/mol. The van der Waals surface area contributed by atoms with Gasteiger partial charge >= 0.3 is 0 Å². The maximum Gasteiger partial charge on any atom is 0.286 e. The second-order valence-corrected chi connectivity index (χ2v) is 8.25. The summed E-state index contributed by atoms with van der Waals surface area (Å²) in [6, 6.07) is 6.05. The monoisotopic (exact) mass is 435 g/mol. The average molecular weight is 436 g/mol. The summed E-state index contributed by atoms with van der Waals surface area (Å²) in [5.74, 6) is -1.10. The Bertz CT molecular complexity index is 856. The van der Waals surface area contributed by atoms with Gasteiger partial charge in [0.05, 0.1) is 0 Å². The van der Waals surface area contributed by atoms with Gasteiger partial charge in [0, 0.05) is 18.3 Å². The van der Waals surface area contributed by atoms with Gasteiger partial charge in [0.25, 0.3) is 5.91 Å². The lowest BCUT2D eigenvalue weighted by Gasteiger charge is -2.23. The molecule has 1 atom stereocenters. The van der Waals surface area contributed by atoms with Crippen LogP contribution in [0.15, 0.2) is 24.3 Å². The smallest absolute Gasteiger partial charge is 0.286 e. The van der Waals surface area contributed by atoms with Crippen LogP contribution in [0.4, 0.5) is 10.1 Å². The summed E-state index contributed by atoms with van der Waals surface area (Å²) in [5.41, 5.74) is 0.337. The number of hydrogen-bond donors (Lipinski definition) is 2. The highest BCUT2D eigenvalue weighted by Gasteiger charge is 2.18. The zero-order valence-electron chi connectivity index (χ0n) is 16.9. The van der Waals surface area contributed by atoms with E-state index in [1.165, 1.54) is 31.0 Å². The molecular formula is C20H26FN5O3S. The summed E-state index contributed by atoms with van der Waals surface area (Å²) in [6.45, 7) is 5.09. The third-order valence-corrected chi connectivity index (χ3v) is 5.75. The SMILES string of the molecule is C[C@H](CCNC(=O)COCc1nnc(C(=O)Nc2cccc(F)c2)s1)N1CCCC1. The minimum Gasteiger partial charge on any atom is -0.364 e. The Labute approximate surface area is 178 Å². The van der Waals surface area contributed by atoms with Crippen molar-refractivity contribution < 1.29 is 18.7 Å². The van der Waals surface area contributed by atoms with E-state index in [0.29, 0.717) is 23.3 Å². The van der Waals surface area contributed by atoms with Crippen LogP contribution >= 0.6 is 11.3 Å². The number of likely N-dealkylation sites (tertiary alicyclic amines) is 1. The van der Waals surface area contributed by atoms with Crippen LogP contribution in [0.5, 0.6) is 0 Å². The predicted octanol–water partition coefficient (Wildman–Crippen LogP) is 2.44. The molecule has 1 saturated heterocycles. The van der Waals surface area contributed by atoms with Crippen LogP contribution in [0.1, 0.15) is 41.0 Å². The summed E-state index contributed by atoms with van der Waals surface area (Å²) < 4.78 is 18.6. The van der Waals surface area contributed by atoms with Gasteiger partial charge in [-0.3, -0.25) is 9.59 Å². The van der Waals surface area contributed by atoms with Gasteiger partial charge in [-0.25, -0.2) is 4.39 Å². The number of ether oxygens (including phenoxy) is 1. The van der Waals surface area contributed by atoms with Gasteiger partial charge in [-0.15, -0.1) is 10.2 Å². The molecule has 10 heteroatoms. The Balaban J connectivity index is 1.33. The molecule has 0 unspecified atom stereocenters. The highest BCUT2D eigenvalue weighted by atomic mass is 32.1. The molecule has 2 aromatic rings. The first kappa shape index (κ1) is 22.3. The number of halogens is 1. The first-order valence-electron chi connectivity index (χ1n) is 9.99. The molecule has 0 spiro atoms. The normalized spacial score (nSPS) is 15.1. The first-order valence-corrected chi connectivity index (χ1v) is 10.8. The number of nitrogens with one attached hydrogen (secondary N) is 2. The van der Waals surface area contributed by atoms with E-state index in [1.807, 2.05) is 0 Å². The molecule has 3 rings (SSSR count). The maximum atomic E-state index is 13.2. The second kappa shape index (κ2) is 11.1. The molecule has 1 aromatic heterocycles. The number of amides is 2. The molecule has 0 bridgehead atoms. The fourth-order valence-corrected chi connectivity index (χ4v) is 3.89. The Morgan fingerprint density at radius 1 is 1.30 bits per heavy atom. The highest BCUT2D eigenvalue weighted by Crippen LogP contribution is 2.15. The fraction of sp³-hybridized carbons (Fsp3) is 0.500. The zero-order valence-corrected chi connectivity index (χ0v) is 17.7. The number of carbonyl (C=O) groups is 2. The van der Waals surface area contributed by atoms with Gasteiger partial charge in [-0.05, 0) is 57.5 Å². The first-order chi connectivity index (χ1) is 14.5. The molecule has 1 aliphatic rings. The summed E-state index contributed by atoms with van der Waals surface area (Å²) in [7, 11) is 0. The summed E-state index contributed by atoms with van der Waals surface area (Å²) in [6.07, 6.45) is 3.42. The molecule has 0 saturated carbocycles. The quantitative estimate of drug-likeness (QED) is 0.595. The van der Waals surface area contributed by atoms with Gasteiger partial charge in [0.2, 0.25) is 10.9 Å². The van der Waals surface area contributed by atoms with Gasteiger partial charge in [0.1, 0.15) is 24.0 Å². The third-order valence-electron chi connectivity index (χ3n) is 4.85. The molecule has 0 aliphatic carbocycles. The molecule has 1 aromatic carbocycles. The lowest BCUT2D eigenvalue weighted by Crippen LogP contribution is -2.35. The summed E-state index contributed by atoms with van der Waals surface area (Å²) in [5, 5.41) is 13.7. The third kappa shape index (κ3) is 6.82. The Kier molecular flexibility index (Phi) is 8.23. The summed E-state index contributed by atoms with van der Waals surface area (Å²) >= 11 is 1.06. The summed E-state index contributed by atoms with van der Waals surface area (Å²) in [4.78, 5) is 26.5. The number of anilines is 1. The van der Waals surface area contributed by atoms with Gasteiger partial charge in [-0.1, -0.05) is 17.4 Å². The number of nitrogens with zero attached hydrogens (tertiary/aromatic N) is 3. The number of hydrogen-bond acceptors (Lipinski definition) is 7. The molecule has 2 heterocycles. The van der Waals surface area contributed by atoms with Crippen molar-refractivity contribution in [3.8, 4) is 0 Å². The van der Waals surface area contributed by atoms with Gasteiger partial charge in [0.15, 0.2) is 0 Å². The van der Waals surface area contributed by atoms with E-state index in [-0.39, 0.29) is 24.1 Å². The van der Waals surface area contributed by atoms with E-state index < -0.39 is 11.7 Å². The number of carbonyl (C=O) groups excluding carboxylic acids is 2. The minimum atomic E-state index is -0.478. The van der Waals surface area contributed by atoms with E-state index in [4.69, 9.17) is 4.74 Å². The van der Waals surface area contributed by atoms with E-state index >= 15 is 0 Å². The highest BCUT2D eigenvalue weighted by molar-refractivity contribution is 7.13. The van der Waals surface area contributed by atoms with Crippen molar-refractivity contribution in [3.63, 3.8) is 0 Å². The van der Waals surface area contributed by atoms with E-state index in [2.05, 4.69) is 32.7 Å². The van der Waals surface area contributed by atoms with Crippen LogP contribution in [0.25, 0.3) is 0 Å². The van der Waals surface area contributed by atoms with Gasteiger partial charge in [-0.2, -0.15) is 0 Å². The largest absolute Gasteiger partial charge is 0.364 e. The van der Waals surface area contributed by atoms with Crippen molar-refractivity contribution in [1.29, 1.82) is 0 Å². The molecule has 8 nitrogen and oxygen atoms in total. The van der Waals surface area contributed by atoms with Crippen molar-refractivity contribution in [2.75, 3.05) is 31.6 Å². The lowest BCUT2D eigenvalue weighted by molar-refractivity contribution is -0.126. The number of benzene rings is 1. The molecule has 2 N–H and O–H groups in total. The van der Waals surface area contributed by atoms with Crippen molar-refractivity contribution in [2.45, 2.75) is 38.8 Å². The van der Waals surface area contributed by atoms with Crippen molar-refractivity contribution >= 4 is 28.8 Å². The second-order valence-electron chi connectivity index (χ2n) is 7.19. The average Bonchev–Trinajstić information content (AvgIpc) is 3.40. The van der Waals surface area contributed by atoms with Crippen LogP contribution < -0.4 is 10.6 Å². The Morgan fingerprint density at radius 2 is 2.10 bits per heavy atom. The maximum absolute atomic E-state index is 13.2. The predicted molar refractivity (Wildman–Crippen MR) is 112 cm³/mol.